The van der Waals surface area contributed by atoms with Crippen molar-refractivity contribution in [2.45, 2.75) is 46.6 Å². The highest BCUT2D eigenvalue weighted by Crippen LogP contribution is 2.23. The van der Waals surface area contributed by atoms with Crippen LogP contribution in [0.5, 0.6) is 0 Å². The largest absolute Gasteiger partial charge is 0.338 e. The summed E-state index contributed by atoms with van der Waals surface area (Å²) in [6.45, 7) is 7.70. The second-order valence-electron chi connectivity index (χ2n) is 4.62. The van der Waals surface area contributed by atoms with E-state index in [2.05, 4.69) is 11.9 Å². The van der Waals surface area contributed by atoms with Gasteiger partial charge in [-0.1, -0.05) is 44.9 Å². The third kappa shape index (κ3) is 4.83. The van der Waals surface area contributed by atoms with Gasteiger partial charge in [-0.15, -0.1) is 0 Å². The highest BCUT2D eigenvalue weighted by atomic mass is 35.5. The number of likely N-dealkylation sites (tertiary alicyclic amines) is 1. The summed E-state index contributed by atoms with van der Waals surface area (Å²) in [6, 6.07) is 3.69. The fourth-order valence-electron chi connectivity index (χ4n) is 2.33. The Kier molecular flexibility index (Phi) is 6.85. The van der Waals surface area contributed by atoms with E-state index < -0.39 is 0 Å². The first-order valence-corrected chi connectivity index (χ1v) is 7.45. The van der Waals surface area contributed by atoms with Gasteiger partial charge in [-0.3, -0.25) is 4.79 Å². The lowest BCUT2D eigenvalue weighted by Crippen LogP contribution is -2.24. The van der Waals surface area contributed by atoms with Crippen LogP contribution < -0.4 is 0 Å². The van der Waals surface area contributed by atoms with Crippen molar-refractivity contribution in [3.63, 3.8) is 0 Å². The first-order chi connectivity index (χ1) is 9.19. The lowest BCUT2D eigenvalue weighted by Gasteiger charge is -2.16. The summed E-state index contributed by atoms with van der Waals surface area (Å²) in [6.07, 6.45) is 4.73. The number of aromatic nitrogens is 1. The molecule has 0 saturated carbocycles. The number of pyridine rings is 1. The van der Waals surface area contributed by atoms with Crippen LogP contribution in [-0.4, -0.2) is 22.3 Å². The van der Waals surface area contributed by atoms with Crippen molar-refractivity contribution in [2.24, 2.45) is 5.92 Å². The van der Waals surface area contributed by atoms with Gasteiger partial charge in [0.15, 0.2) is 0 Å². The van der Waals surface area contributed by atoms with E-state index in [1.165, 1.54) is 0 Å². The molecule has 1 fully saturated rings. The Labute approximate surface area is 121 Å². The normalized spacial score (nSPS) is 18.2. The number of carbonyl (C=O) groups excluding carboxylic acids is 1. The number of halogens is 1. The summed E-state index contributed by atoms with van der Waals surface area (Å²) in [4.78, 5) is 17.8. The van der Waals surface area contributed by atoms with Crippen LogP contribution in [0.4, 0.5) is 0 Å². The average molecular weight is 283 g/mol. The molecule has 1 amide bonds. The third-order valence-corrected chi connectivity index (χ3v) is 3.38. The Morgan fingerprint density at radius 1 is 1.42 bits per heavy atom. The van der Waals surface area contributed by atoms with Crippen LogP contribution in [0, 0.1) is 5.92 Å². The smallest absolute Gasteiger partial charge is 0.223 e. The number of carbonyl (C=O) groups is 1. The molecule has 0 aromatic carbocycles. The van der Waals surface area contributed by atoms with E-state index in [-0.39, 0.29) is 5.91 Å². The maximum atomic E-state index is 11.8. The fourth-order valence-corrected chi connectivity index (χ4v) is 2.44. The molecule has 1 aliphatic rings. The summed E-state index contributed by atoms with van der Waals surface area (Å²) in [5.41, 5.74) is 1.04. The SMILES string of the molecule is CC.CCCC1CC(=O)N(Cc2ccc(Cl)nc2)C1. The zero-order chi connectivity index (χ0) is 14.3. The van der Waals surface area contributed by atoms with E-state index in [0.717, 1.165) is 24.9 Å². The van der Waals surface area contributed by atoms with Crippen molar-refractivity contribution in [2.75, 3.05) is 6.54 Å². The number of rotatable bonds is 4. The van der Waals surface area contributed by atoms with Gasteiger partial charge in [0.2, 0.25) is 5.91 Å². The van der Waals surface area contributed by atoms with Crippen LogP contribution in [0.2, 0.25) is 5.15 Å². The van der Waals surface area contributed by atoms with Gasteiger partial charge in [0, 0.05) is 25.7 Å². The predicted molar refractivity (Wildman–Crippen MR) is 79.0 cm³/mol. The average Bonchev–Trinajstić information content (AvgIpc) is 2.75. The van der Waals surface area contributed by atoms with Gasteiger partial charge < -0.3 is 4.90 Å². The Bertz CT molecular complexity index is 392. The molecule has 1 aromatic rings. The van der Waals surface area contributed by atoms with E-state index in [1.54, 1.807) is 12.3 Å². The quantitative estimate of drug-likeness (QED) is 0.785. The van der Waals surface area contributed by atoms with Crippen LogP contribution in [0.15, 0.2) is 18.3 Å². The second-order valence-corrected chi connectivity index (χ2v) is 5.01. The fraction of sp³-hybridized carbons (Fsp3) is 0.600. The van der Waals surface area contributed by atoms with Gasteiger partial charge in [-0.05, 0) is 24.0 Å². The summed E-state index contributed by atoms with van der Waals surface area (Å²) in [7, 11) is 0. The van der Waals surface area contributed by atoms with E-state index in [4.69, 9.17) is 11.6 Å². The maximum Gasteiger partial charge on any atom is 0.223 e. The minimum Gasteiger partial charge on any atom is -0.338 e. The molecular formula is C15H23ClN2O. The summed E-state index contributed by atoms with van der Waals surface area (Å²) >= 11 is 5.73. The van der Waals surface area contributed by atoms with Crippen LogP contribution in [0.25, 0.3) is 0 Å². The molecule has 0 radical (unpaired) electrons. The minimum atomic E-state index is 0.262. The lowest BCUT2D eigenvalue weighted by molar-refractivity contribution is -0.128. The Balaban J connectivity index is 0.000000861. The maximum absolute atomic E-state index is 11.8. The van der Waals surface area contributed by atoms with E-state index >= 15 is 0 Å². The molecule has 1 atom stereocenters. The molecule has 2 heterocycles. The van der Waals surface area contributed by atoms with E-state index in [0.29, 0.717) is 24.0 Å². The molecule has 1 aromatic heterocycles. The van der Waals surface area contributed by atoms with Gasteiger partial charge in [0.1, 0.15) is 5.15 Å². The predicted octanol–water partition coefficient (Wildman–Crippen LogP) is 3.91. The van der Waals surface area contributed by atoms with Crippen LogP contribution in [-0.2, 0) is 11.3 Å². The van der Waals surface area contributed by atoms with Gasteiger partial charge in [0.25, 0.3) is 0 Å². The van der Waals surface area contributed by atoms with E-state index in [9.17, 15) is 4.79 Å². The molecule has 0 spiro atoms. The molecule has 2 rings (SSSR count). The van der Waals surface area contributed by atoms with Gasteiger partial charge >= 0.3 is 0 Å². The van der Waals surface area contributed by atoms with Crippen molar-refractivity contribution in [3.8, 4) is 0 Å². The van der Waals surface area contributed by atoms with Crippen molar-refractivity contribution >= 4 is 17.5 Å². The molecular weight excluding hydrogens is 260 g/mol. The molecule has 106 valence electrons. The van der Waals surface area contributed by atoms with E-state index in [1.807, 2.05) is 24.8 Å². The summed E-state index contributed by atoms with van der Waals surface area (Å²) < 4.78 is 0. The standard InChI is InChI=1S/C13H17ClN2O.C2H6/c1-2-3-10-6-13(17)16(8-10)9-11-4-5-12(14)15-7-11;1-2/h4-5,7,10H,2-3,6,8-9H2,1H3;1-2H3. The number of hydrogen-bond acceptors (Lipinski definition) is 2. The zero-order valence-corrected chi connectivity index (χ0v) is 12.8. The van der Waals surface area contributed by atoms with Gasteiger partial charge in [-0.2, -0.15) is 0 Å². The molecule has 0 N–H and O–H groups in total. The molecule has 1 unspecified atom stereocenters. The Hall–Kier alpha value is -1.09. The summed E-state index contributed by atoms with van der Waals surface area (Å²) in [5.74, 6) is 0.797. The Morgan fingerprint density at radius 3 is 2.74 bits per heavy atom. The monoisotopic (exact) mass is 282 g/mol. The van der Waals surface area contributed by atoms with Crippen molar-refractivity contribution in [1.82, 2.24) is 9.88 Å². The summed E-state index contributed by atoms with van der Waals surface area (Å²) in [5, 5.41) is 0.491. The van der Waals surface area contributed by atoms with Gasteiger partial charge in [-0.25, -0.2) is 4.98 Å². The zero-order valence-electron chi connectivity index (χ0n) is 12.0. The minimum absolute atomic E-state index is 0.262. The highest BCUT2D eigenvalue weighted by molar-refractivity contribution is 6.29. The lowest BCUT2D eigenvalue weighted by atomic mass is 10.0. The van der Waals surface area contributed by atoms with Crippen molar-refractivity contribution in [3.05, 3.63) is 29.0 Å². The Morgan fingerprint density at radius 2 is 2.16 bits per heavy atom. The molecule has 4 heteroatoms. The third-order valence-electron chi connectivity index (χ3n) is 3.15. The number of nitrogens with zero attached hydrogens (tertiary/aromatic N) is 2. The molecule has 0 aliphatic carbocycles. The number of amides is 1. The highest BCUT2D eigenvalue weighted by Gasteiger charge is 2.28. The van der Waals surface area contributed by atoms with Gasteiger partial charge in [0.05, 0.1) is 0 Å². The van der Waals surface area contributed by atoms with Crippen LogP contribution in [0.1, 0.15) is 45.6 Å². The first-order valence-electron chi connectivity index (χ1n) is 7.07. The molecule has 1 aliphatic heterocycles. The topological polar surface area (TPSA) is 33.2 Å². The van der Waals surface area contributed by atoms with Crippen molar-refractivity contribution in [1.29, 1.82) is 0 Å². The molecule has 1 saturated heterocycles. The number of hydrogen-bond donors (Lipinski definition) is 0. The molecule has 19 heavy (non-hydrogen) atoms. The second kappa shape index (κ2) is 8.16. The van der Waals surface area contributed by atoms with Crippen LogP contribution in [0.3, 0.4) is 0 Å². The first kappa shape index (κ1) is 16.0. The van der Waals surface area contributed by atoms with Crippen LogP contribution >= 0.6 is 11.6 Å². The van der Waals surface area contributed by atoms with Crippen molar-refractivity contribution < 1.29 is 4.79 Å². The molecule has 3 nitrogen and oxygen atoms in total. The molecule has 0 bridgehead atoms.